The zero-order valence-corrected chi connectivity index (χ0v) is 16.5. The predicted molar refractivity (Wildman–Crippen MR) is 115 cm³/mol. The van der Waals surface area contributed by atoms with Crippen molar-refractivity contribution in [1.82, 2.24) is 0 Å². The van der Waals surface area contributed by atoms with E-state index in [-0.39, 0.29) is 34.6 Å². The van der Waals surface area contributed by atoms with Gasteiger partial charge in [-0.05, 0) is 45.4 Å². The summed E-state index contributed by atoms with van der Waals surface area (Å²) in [6.45, 7) is 3.62. The molecule has 0 atom stereocenters. The number of hydrogen-bond donors (Lipinski definition) is 1. The Morgan fingerprint density at radius 1 is 0.852 bits per heavy atom. The van der Waals surface area contributed by atoms with Gasteiger partial charge in [0.2, 0.25) is 0 Å². The Morgan fingerprint density at radius 3 is 2.00 bits per heavy atom. The highest BCUT2D eigenvalue weighted by Gasteiger charge is 2.04. The first-order valence-corrected chi connectivity index (χ1v) is 9.97. The first-order valence-electron chi connectivity index (χ1n) is 9.97. The summed E-state index contributed by atoms with van der Waals surface area (Å²) in [7, 11) is 0. The van der Waals surface area contributed by atoms with E-state index in [9.17, 15) is 9.59 Å². The van der Waals surface area contributed by atoms with Crippen LogP contribution in [0.4, 0.5) is 0 Å². The lowest BCUT2D eigenvalue weighted by molar-refractivity contribution is -0.138. The van der Waals surface area contributed by atoms with E-state index in [2.05, 4.69) is 31.2 Å². The standard InChI is InChI=1S/C22H36O4.Mg.2H/c1-3-4-5-6-7-8-9-10-11-12-13-14-15-16-17-18-21(23)26-19-20(2)22(24)25;;;/h7-8,10-11,19H,3-6,9,12-18H2,1-2H3,(H,24,25);;;/b8-7+,11-10+,20-19?;;;. The van der Waals surface area contributed by atoms with Crippen molar-refractivity contribution in [3.63, 3.8) is 0 Å². The van der Waals surface area contributed by atoms with Gasteiger partial charge in [0.25, 0.3) is 0 Å². The summed E-state index contributed by atoms with van der Waals surface area (Å²) in [5.74, 6) is -1.44. The summed E-state index contributed by atoms with van der Waals surface area (Å²) in [6, 6.07) is 0. The van der Waals surface area contributed by atoms with Crippen molar-refractivity contribution < 1.29 is 19.4 Å². The third kappa shape index (κ3) is 21.1. The number of aliphatic carboxylic acids is 1. The molecule has 0 saturated heterocycles. The topological polar surface area (TPSA) is 63.6 Å². The SMILES string of the molecule is CCCCC/C=C/C/C=C/CCCCCCCC(=O)OC=C(C)C(=O)O.[MgH2]. The molecule has 0 amide bonds. The molecule has 0 aromatic carbocycles. The van der Waals surface area contributed by atoms with Gasteiger partial charge in [-0.1, -0.05) is 63.3 Å². The van der Waals surface area contributed by atoms with E-state index >= 15 is 0 Å². The van der Waals surface area contributed by atoms with E-state index in [0.717, 1.165) is 38.4 Å². The maximum atomic E-state index is 11.4. The lowest BCUT2D eigenvalue weighted by Crippen LogP contribution is -2.02. The van der Waals surface area contributed by atoms with Gasteiger partial charge in [0.1, 0.15) is 6.26 Å². The van der Waals surface area contributed by atoms with E-state index in [1.807, 2.05) is 0 Å². The summed E-state index contributed by atoms with van der Waals surface area (Å²) in [6.07, 6.45) is 22.9. The van der Waals surface area contributed by atoms with E-state index < -0.39 is 5.97 Å². The predicted octanol–water partition coefficient (Wildman–Crippen LogP) is 5.42. The number of rotatable bonds is 16. The second-order valence-electron chi connectivity index (χ2n) is 6.58. The van der Waals surface area contributed by atoms with Crippen LogP contribution in [0.15, 0.2) is 36.1 Å². The van der Waals surface area contributed by atoms with Crippen LogP contribution in [-0.2, 0) is 14.3 Å². The van der Waals surface area contributed by atoms with E-state index in [0.29, 0.717) is 6.42 Å². The highest BCUT2D eigenvalue weighted by atomic mass is 24.3. The van der Waals surface area contributed by atoms with Crippen LogP contribution >= 0.6 is 0 Å². The molecule has 0 unspecified atom stereocenters. The number of carbonyl (C=O) groups is 2. The monoisotopic (exact) mass is 390 g/mol. The molecule has 5 heteroatoms. The molecular weight excluding hydrogens is 353 g/mol. The van der Waals surface area contributed by atoms with Crippen LogP contribution in [0.5, 0.6) is 0 Å². The molecule has 0 aromatic heterocycles. The maximum Gasteiger partial charge on any atom is 0.334 e. The number of unbranched alkanes of at least 4 members (excludes halogenated alkanes) is 8. The fourth-order valence-electron chi connectivity index (χ4n) is 2.34. The summed E-state index contributed by atoms with van der Waals surface area (Å²) in [5.41, 5.74) is 0.0263. The zero-order valence-electron chi connectivity index (χ0n) is 16.5. The van der Waals surface area contributed by atoms with Gasteiger partial charge in [-0.3, -0.25) is 4.79 Å². The molecular formula is C22H38MgO4. The van der Waals surface area contributed by atoms with Crippen LogP contribution in [0.2, 0.25) is 0 Å². The molecule has 0 aliphatic rings. The zero-order chi connectivity index (χ0) is 19.5. The highest BCUT2D eigenvalue weighted by molar-refractivity contribution is 5.85. The molecule has 0 aromatic rings. The van der Waals surface area contributed by atoms with Crippen molar-refractivity contribution in [2.75, 3.05) is 0 Å². The van der Waals surface area contributed by atoms with Crippen molar-refractivity contribution in [3.05, 3.63) is 36.1 Å². The van der Waals surface area contributed by atoms with Gasteiger partial charge in [0.15, 0.2) is 0 Å². The second kappa shape index (κ2) is 21.2. The maximum absolute atomic E-state index is 11.4. The molecule has 152 valence electrons. The number of esters is 1. The number of carboxylic acid groups (broad SMARTS) is 1. The average molecular weight is 391 g/mol. The highest BCUT2D eigenvalue weighted by Crippen LogP contribution is 2.09. The van der Waals surface area contributed by atoms with Gasteiger partial charge < -0.3 is 9.84 Å². The number of allylic oxidation sites excluding steroid dienone is 4. The summed E-state index contributed by atoms with van der Waals surface area (Å²) in [4.78, 5) is 22.0. The van der Waals surface area contributed by atoms with Crippen LogP contribution < -0.4 is 0 Å². The summed E-state index contributed by atoms with van der Waals surface area (Å²) >= 11 is 0. The second-order valence-corrected chi connectivity index (χ2v) is 6.58. The number of carboxylic acids is 1. The Bertz CT molecular complexity index is 467. The lowest BCUT2D eigenvalue weighted by atomic mass is 10.1. The van der Waals surface area contributed by atoms with Crippen LogP contribution in [0.25, 0.3) is 0 Å². The molecule has 0 spiro atoms. The molecule has 0 radical (unpaired) electrons. The fourth-order valence-corrected chi connectivity index (χ4v) is 2.34. The van der Waals surface area contributed by atoms with Crippen molar-refractivity contribution >= 4 is 35.0 Å². The van der Waals surface area contributed by atoms with Crippen molar-refractivity contribution in [1.29, 1.82) is 0 Å². The van der Waals surface area contributed by atoms with Gasteiger partial charge in [0.05, 0.1) is 5.57 Å². The van der Waals surface area contributed by atoms with Crippen LogP contribution in [0.3, 0.4) is 0 Å². The molecule has 0 rings (SSSR count). The van der Waals surface area contributed by atoms with Gasteiger partial charge in [-0.25, -0.2) is 4.79 Å². The molecule has 1 N–H and O–H groups in total. The number of hydrogen-bond acceptors (Lipinski definition) is 3. The van der Waals surface area contributed by atoms with E-state index in [4.69, 9.17) is 9.84 Å². The fraction of sp³-hybridized carbons (Fsp3) is 0.636. The smallest absolute Gasteiger partial charge is 0.334 e. The number of carbonyl (C=O) groups excluding carboxylic acids is 1. The van der Waals surface area contributed by atoms with Gasteiger partial charge in [-0.2, -0.15) is 0 Å². The summed E-state index contributed by atoms with van der Waals surface area (Å²) < 4.78 is 4.79. The molecule has 0 fully saturated rings. The van der Waals surface area contributed by atoms with Crippen molar-refractivity contribution in [3.8, 4) is 0 Å². The Labute approximate surface area is 181 Å². The van der Waals surface area contributed by atoms with Crippen LogP contribution in [0, 0.1) is 0 Å². The molecule has 27 heavy (non-hydrogen) atoms. The van der Waals surface area contributed by atoms with E-state index in [1.165, 1.54) is 45.4 Å². The van der Waals surface area contributed by atoms with Gasteiger partial charge in [0, 0.05) is 6.42 Å². The van der Waals surface area contributed by atoms with E-state index in [1.54, 1.807) is 0 Å². The third-order valence-corrected chi connectivity index (χ3v) is 4.04. The van der Waals surface area contributed by atoms with Crippen molar-refractivity contribution in [2.45, 2.75) is 90.9 Å². The molecule has 0 saturated carbocycles. The molecule has 4 nitrogen and oxygen atoms in total. The number of ether oxygens (including phenoxy) is 1. The Balaban J connectivity index is 0. The van der Waals surface area contributed by atoms with Crippen LogP contribution in [-0.4, -0.2) is 40.1 Å². The Kier molecular flexibility index (Phi) is 22.1. The van der Waals surface area contributed by atoms with Gasteiger partial charge >= 0.3 is 35.0 Å². The minimum absolute atomic E-state index is 0. The molecule has 0 aliphatic heterocycles. The van der Waals surface area contributed by atoms with Gasteiger partial charge in [-0.15, -0.1) is 0 Å². The quantitative estimate of drug-likeness (QED) is 0.0954. The molecule has 0 bridgehead atoms. The first kappa shape index (κ1) is 28.1. The average Bonchev–Trinajstić information content (AvgIpc) is 2.62. The minimum Gasteiger partial charge on any atom is -0.478 e. The normalized spacial score (nSPS) is 11.7. The first-order chi connectivity index (χ1) is 12.6. The molecule has 0 heterocycles. The largest absolute Gasteiger partial charge is 0.478 e. The Hall–Kier alpha value is -1.07. The van der Waals surface area contributed by atoms with Crippen molar-refractivity contribution in [2.24, 2.45) is 0 Å². The lowest BCUT2D eigenvalue weighted by Gasteiger charge is -2.01. The molecule has 0 aliphatic carbocycles. The third-order valence-electron chi connectivity index (χ3n) is 4.04. The summed E-state index contributed by atoms with van der Waals surface area (Å²) in [5, 5.41) is 8.64. The van der Waals surface area contributed by atoms with Crippen LogP contribution in [0.1, 0.15) is 90.9 Å². The Morgan fingerprint density at radius 2 is 1.41 bits per heavy atom. The minimum atomic E-state index is -1.07.